The smallest absolute Gasteiger partial charge is 0.175 e. The van der Waals surface area contributed by atoms with Crippen LogP contribution >= 0.6 is 0 Å². The van der Waals surface area contributed by atoms with Gasteiger partial charge in [-0.25, -0.2) is 12.8 Å². The third kappa shape index (κ3) is 4.15. The van der Waals surface area contributed by atoms with E-state index in [9.17, 15) is 12.8 Å². The molecule has 0 spiro atoms. The summed E-state index contributed by atoms with van der Waals surface area (Å²) < 4.78 is 37.7. The Morgan fingerprint density at radius 1 is 1.18 bits per heavy atom. The first kappa shape index (κ1) is 18.8. The van der Waals surface area contributed by atoms with Gasteiger partial charge in [0.15, 0.2) is 9.84 Å². The van der Waals surface area contributed by atoms with Crippen LogP contribution in [-0.2, 0) is 16.4 Å². The minimum absolute atomic E-state index is 0.202. The Bertz CT molecular complexity index is 1120. The summed E-state index contributed by atoms with van der Waals surface area (Å²) in [6.07, 6.45) is 5.72. The zero-order valence-electron chi connectivity index (χ0n) is 15.6. The molecule has 4 rings (SSSR count). The number of anilines is 1. The number of hydrogen-bond acceptors (Lipinski definition) is 5. The standard InChI is InChI=1S/C21H22FN3O2S/c1-28(26,27)21-5-3-18(22)10-17(21)13-25-9-7-20(14-25)24-19-4-2-16-12-23-8-6-15(16)11-19/h2-6,8,10-12,20,24H,7,9,13-14H2,1H3. The van der Waals surface area contributed by atoms with Crippen molar-refractivity contribution in [2.24, 2.45) is 0 Å². The molecule has 1 fully saturated rings. The molecule has 1 aromatic heterocycles. The van der Waals surface area contributed by atoms with Gasteiger partial charge in [-0.05, 0) is 53.8 Å². The Kier molecular flexibility index (Phi) is 5.03. The molecule has 3 aromatic rings. The third-order valence-corrected chi connectivity index (χ3v) is 6.30. The van der Waals surface area contributed by atoms with Crippen LogP contribution in [0.5, 0.6) is 0 Å². The number of nitrogens with one attached hydrogen (secondary N) is 1. The largest absolute Gasteiger partial charge is 0.381 e. The SMILES string of the molecule is CS(=O)(=O)c1ccc(F)cc1CN1CCC(Nc2ccc3cnccc3c2)C1. The molecule has 1 aliphatic heterocycles. The van der Waals surface area contributed by atoms with Gasteiger partial charge in [0.05, 0.1) is 4.90 Å². The number of fused-ring (bicyclic) bond motifs is 1. The second kappa shape index (κ2) is 7.48. The normalized spacial score (nSPS) is 17.9. The van der Waals surface area contributed by atoms with Gasteiger partial charge in [0.1, 0.15) is 5.82 Å². The predicted molar refractivity (Wildman–Crippen MR) is 109 cm³/mol. The fourth-order valence-corrected chi connectivity index (χ4v) is 4.69. The molecule has 1 atom stereocenters. The molecule has 5 nitrogen and oxygen atoms in total. The number of nitrogens with zero attached hydrogens (tertiary/aromatic N) is 2. The number of sulfone groups is 1. The Hall–Kier alpha value is -2.51. The zero-order chi connectivity index (χ0) is 19.7. The molecule has 0 amide bonds. The van der Waals surface area contributed by atoms with E-state index < -0.39 is 15.7 Å². The van der Waals surface area contributed by atoms with E-state index in [0.29, 0.717) is 12.1 Å². The van der Waals surface area contributed by atoms with Crippen LogP contribution in [0.25, 0.3) is 10.8 Å². The van der Waals surface area contributed by atoms with Gasteiger partial charge in [0, 0.05) is 55.4 Å². The molecule has 2 aromatic carbocycles. The van der Waals surface area contributed by atoms with Gasteiger partial charge in [-0.1, -0.05) is 6.07 Å². The lowest BCUT2D eigenvalue weighted by atomic mass is 10.1. The number of likely N-dealkylation sites (tertiary alicyclic amines) is 1. The van der Waals surface area contributed by atoms with Crippen LogP contribution in [0.2, 0.25) is 0 Å². The fraction of sp³-hybridized carbons (Fsp3) is 0.286. The van der Waals surface area contributed by atoms with Crippen molar-refractivity contribution in [3.05, 3.63) is 66.2 Å². The maximum Gasteiger partial charge on any atom is 0.175 e. The number of benzene rings is 2. The van der Waals surface area contributed by atoms with Gasteiger partial charge in [-0.15, -0.1) is 0 Å². The first-order chi connectivity index (χ1) is 13.4. The van der Waals surface area contributed by atoms with Crippen molar-refractivity contribution in [2.75, 3.05) is 24.7 Å². The molecule has 0 saturated carbocycles. The molecule has 1 saturated heterocycles. The highest BCUT2D eigenvalue weighted by atomic mass is 32.2. The van der Waals surface area contributed by atoms with Crippen LogP contribution in [0.3, 0.4) is 0 Å². The molecule has 1 unspecified atom stereocenters. The number of aromatic nitrogens is 1. The van der Waals surface area contributed by atoms with Crippen molar-refractivity contribution in [3.63, 3.8) is 0 Å². The third-order valence-electron chi connectivity index (χ3n) is 5.10. The van der Waals surface area contributed by atoms with E-state index in [4.69, 9.17) is 0 Å². The van der Waals surface area contributed by atoms with Crippen LogP contribution in [0.4, 0.5) is 10.1 Å². The molecule has 28 heavy (non-hydrogen) atoms. The minimum atomic E-state index is -3.39. The average molecular weight is 399 g/mol. The van der Waals surface area contributed by atoms with Crippen LogP contribution in [-0.4, -0.2) is 43.7 Å². The molecule has 1 N–H and O–H groups in total. The highest BCUT2D eigenvalue weighted by Gasteiger charge is 2.24. The summed E-state index contributed by atoms with van der Waals surface area (Å²) in [7, 11) is -3.39. The maximum absolute atomic E-state index is 13.7. The number of rotatable bonds is 5. The van der Waals surface area contributed by atoms with E-state index in [1.165, 1.54) is 18.2 Å². The lowest BCUT2D eigenvalue weighted by molar-refractivity contribution is 0.325. The van der Waals surface area contributed by atoms with E-state index in [0.717, 1.165) is 42.2 Å². The summed E-state index contributed by atoms with van der Waals surface area (Å²) in [5.41, 5.74) is 1.56. The van der Waals surface area contributed by atoms with Gasteiger partial charge >= 0.3 is 0 Å². The number of pyridine rings is 1. The molecule has 2 heterocycles. The highest BCUT2D eigenvalue weighted by Crippen LogP contribution is 2.24. The quantitative estimate of drug-likeness (QED) is 0.666. The summed E-state index contributed by atoms with van der Waals surface area (Å²) in [5.74, 6) is -0.415. The van der Waals surface area contributed by atoms with Crippen molar-refractivity contribution in [1.29, 1.82) is 0 Å². The van der Waals surface area contributed by atoms with Crippen LogP contribution in [0.1, 0.15) is 12.0 Å². The second-order valence-electron chi connectivity index (χ2n) is 7.33. The summed E-state index contributed by atoms with van der Waals surface area (Å²) in [5, 5.41) is 5.78. The molecular weight excluding hydrogens is 377 g/mol. The fourth-order valence-electron chi connectivity index (χ4n) is 3.78. The van der Waals surface area contributed by atoms with Gasteiger partial charge < -0.3 is 5.32 Å². The van der Waals surface area contributed by atoms with E-state index in [2.05, 4.69) is 21.3 Å². The van der Waals surface area contributed by atoms with E-state index in [1.807, 2.05) is 24.4 Å². The summed E-state index contributed by atoms with van der Waals surface area (Å²) in [6.45, 7) is 2.02. The average Bonchev–Trinajstić information content (AvgIpc) is 3.07. The van der Waals surface area contributed by atoms with Crippen molar-refractivity contribution < 1.29 is 12.8 Å². The monoisotopic (exact) mass is 399 g/mol. The number of hydrogen-bond donors (Lipinski definition) is 1. The highest BCUT2D eigenvalue weighted by molar-refractivity contribution is 7.90. The summed E-state index contributed by atoms with van der Waals surface area (Å²) in [4.78, 5) is 6.49. The number of halogens is 1. The summed E-state index contributed by atoms with van der Waals surface area (Å²) in [6, 6.07) is 12.3. The molecule has 0 radical (unpaired) electrons. The molecule has 0 bridgehead atoms. The Morgan fingerprint density at radius 2 is 2.04 bits per heavy atom. The van der Waals surface area contributed by atoms with Crippen molar-refractivity contribution in [1.82, 2.24) is 9.88 Å². The van der Waals surface area contributed by atoms with E-state index in [1.54, 1.807) is 6.20 Å². The predicted octanol–water partition coefficient (Wildman–Crippen LogP) is 3.46. The van der Waals surface area contributed by atoms with Crippen molar-refractivity contribution in [3.8, 4) is 0 Å². The Labute approximate surface area is 164 Å². The summed E-state index contributed by atoms with van der Waals surface area (Å²) >= 11 is 0. The van der Waals surface area contributed by atoms with Gasteiger partial charge in [0.2, 0.25) is 0 Å². The van der Waals surface area contributed by atoms with E-state index in [-0.39, 0.29) is 10.9 Å². The Balaban J connectivity index is 1.45. The first-order valence-corrected chi connectivity index (χ1v) is 11.1. The molecule has 7 heteroatoms. The topological polar surface area (TPSA) is 62.3 Å². The Morgan fingerprint density at radius 3 is 2.86 bits per heavy atom. The molecule has 0 aliphatic carbocycles. The van der Waals surface area contributed by atoms with E-state index >= 15 is 0 Å². The first-order valence-electron chi connectivity index (χ1n) is 9.20. The maximum atomic E-state index is 13.7. The lowest BCUT2D eigenvalue weighted by Crippen LogP contribution is -2.26. The lowest BCUT2D eigenvalue weighted by Gasteiger charge is -2.19. The molecule has 146 valence electrons. The minimum Gasteiger partial charge on any atom is -0.381 e. The van der Waals surface area contributed by atoms with Crippen molar-refractivity contribution >= 4 is 26.3 Å². The van der Waals surface area contributed by atoms with Gasteiger partial charge in [0.25, 0.3) is 0 Å². The van der Waals surface area contributed by atoms with Crippen LogP contribution in [0, 0.1) is 5.82 Å². The molecular formula is C21H22FN3O2S. The van der Waals surface area contributed by atoms with Gasteiger partial charge in [-0.3, -0.25) is 9.88 Å². The molecule has 1 aliphatic rings. The second-order valence-corrected chi connectivity index (χ2v) is 9.31. The van der Waals surface area contributed by atoms with Gasteiger partial charge in [-0.2, -0.15) is 0 Å². The van der Waals surface area contributed by atoms with Crippen LogP contribution < -0.4 is 5.32 Å². The van der Waals surface area contributed by atoms with Crippen LogP contribution in [0.15, 0.2) is 59.8 Å². The zero-order valence-corrected chi connectivity index (χ0v) is 16.4. The van der Waals surface area contributed by atoms with Crippen molar-refractivity contribution in [2.45, 2.75) is 23.9 Å².